The molecule has 0 fully saturated rings. The number of aryl methyl sites for hydroxylation is 1. The quantitative estimate of drug-likeness (QED) is 0.469. The van der Waals surface area contributed by atoms with Crippen molar-refractivity contribution in [2.75, 3.05) is 7.05 Å². The minimum Gasteiger partial charge on any atom is -0.352 e. The molecule has 2 aromatic rings. The minimum absolute atomic E-state index is 0. The molecule has 0 amide bonds. The average Bonchev–Trinajstić information content (AvgIpc) is 3.01. The molecule has 0 aromatic carbocycles. The van der Waals surface area contributed by atoms with Crippen molar-refractivity contribution in [3.05, 3.63) is 34.5 Å². The first-order chi connectivity index (χ1) is 8.79. The molecule has 2 heterocycles. The van der Waals surface area contributed by atoms with Gasteiger partial charge in [0.05, 0.1) is 6.54 Å². The van der Waals surface area contributed by atoms with Crippen LogP contribution < -0.4 is 10.6 Å². The second-order valence-electron chi connectivity index (χ2n) is 3.71. The summed E-state index contributed by atoms with van der Waals surface area (Å²) >= 11 is 1.69. The van der Waals surface area contributed by atoms with E-state index in [4.69, 9.17) is 0 Å². The molecular weight excluding hydrogens is 375 g/mol. The van der Waals surface area contributed by atoms with Crippen LogP contribution in [0.3, 0.4) is 0 Å². The molecule has 2 rings (SSSR count). The zero-order valence-electron chi connectivity index (χ0n) is 10.8. The molecule has 0 aliphatic heterocycles. The molecule has 0 saturated heterocycles. The van der Waals surface area contributed by atoms with Crippen molar-refractivity contribution in [3.8, 4) is 0 Å². The van der Waals surface area contributed by atoms with E-state index < -0.39 is 0 Å². The van der Waals surface area contributed by atoms with Gasteiger partial charge in [0.1, 0.15) is 12.2 Å². The van der Waals surface area contributed by atoms with Gasteiger partial charge in [-0.15, -0.1) is 24.0 Å². The third kappa shape index (κ3) is 4.78. The van der Waals surface area contributed by atoms with E-state index in [2.05, 4.69) is 42.5 Å². The van der Waals surface area contributed by atoms with Gasteiger partial charge in [0, 0.05) is 20.6 Å². The van der Waals surface area contributed by atoms with Gasteiger partial charge in [-0.1, -0.05) is 0 Å². The first kappa shape index (κ1) is 15.9. The van der Waals surface area contributed by atoms with Crippen LogP contribution in [0.1, 0.15) is 11.4 Å². The van der Waals surface area contributed by atoms with Gasteiger partial charge in [-0.2, -0.15) is 16.4 Å². The Labute approximate surface area is 133 Å². The maximum atomic E-state index is 4.16. The molecule has 0 radical (unpaired) electrons. The third-order valence-electron chi connectivity index (χ3n) is 2.48. The maximum Gasteiger partial charge on any atom is 0.191 e. The highest BCUT2D eigenvalue weighted by molar-refractivity contribution is 14.0. The Kier molecular flexibility index (Phi) is 6.78. The van der Waals surface area contributed by atoms with E-state index in [9.17, 15) is 0 Å². The van der Waals surface area contributed by atoms with Gasteiger partial charge in [0.15, 0.2) is 5.96 Å². The van der Waals surface area contributed by atoms with Crippen LogP contribution in [0, 0.1) is 0 Å². The smallest absolute Gasteiger partial charge is 0.191 e. The first-order valence-electron chi connectivity index (χ1n) is 5.58. The van der Waals surface area contributed by atoms with E-state index in [1.54, 1.807) is 29.4 Å². The molecule has 0 atom stereocenters. The van der Waals surface area contributed by atoms with Gasteiger partial charge in [-0.25, -0.2) is 4.98 Å². The summed E-state index contributed by atoms with van der Waals surface area (Å²) in [6.07, 6.45) is 1.54. The second-order valence-corrected chi connectivity index (χ2v) is 4.49. The molecular formula is C11H17IN6S. The molecule has 104 valence electrons. The largest absolute Gasteiger partial charge is 0.352 e. The van der Waals surface area contributed by atoms with E-state index in [0.29, 0.717) is 6.54 Å². The number of thiophene rings is 1. The zero-order valence-corrected chi connectivity index (χ0v) is 14.0. The predicted molar refractivity (Wildman–Crippen MR) is 87.8 cm³/mol. The van der Waals surface area contributed by atoms with Crippen molar-refractivity contribution in [2.24, 2.45) is 12.0 Å². The standard InChI is InChI=1S/C11H16N6S.HI/c1-12-11(13-5-9-3-4-18-7-9)14-6-10-15-8-16-17(10)2;/h3-4,7-8H,5-6H2,1-2H3,(H2,12,13,14);1H. The summed E-state index contributed by atoms with van der Waals surface area (Å²) in [7, 11) is 3.62. The van der Waals surface area contributed by atoms with Crippen molar-refractivity contribution in [1.82, 2.24) is 25.4 Å². The molecule has 0 aliphatic carbocycles. The average molecular weight is 392 g/mol. The number of guanidine groups is 1. The second kappa shape index (κ2) is 8.10. The zero-order chi connectivity index (χ0) is 12.8. The van der Waals surface area contributed by atoms with Crippen LogP contribution in [0.15, 0.2) is 28.1 Å². The Morgan fingerprint density at radius 3 is 2.79 bits per heavy atom. The van der Waals surface area contributed by atoms with E-state index in [0.717, 1.165) is 18.3 Å². The van der Waals surface area contributed by atoms with Crippen molar-refractivity contribution < 1.29 is 0 Å². The third-order valence-corrected chi connectivity index (χ3v) is 3.21. The molecule has 0 spiro atoms. The summed E-state index contributed by atoms with van der Waals surface area (Å²) in [5.74, 6) is 1.62. The highest BCUT2D eigenvalue weighted by Crippen LogP contribution is 2.04. The summed E-state index contributed by atoms with van der Waals surface area (Å²) < 4.78 is 1.74. The summed E-state index contributed by atoms with van der Waals surface area (Å²) in [6.45, 7) is 1.36. The molecule has 19 heavy (non-hydrogen) atoms. The minimum atomic E-state index is 0. The fourth-order valence-corrected chi connectivity index (χ4v) is 2.11. The fourth-order valence-electron chi connectivity index (χ4n) is 1.44. The topological polar surface area (TPSA) is 67.1 Å². The van der Waals surface area contributed by atoms with Gasteiger partial charge in [0.2, 0.25) is 0 Å². The van der Waals surface area contributed by atoms with Gasteiger partial charge < -0.3 is 10.6 Å². The predicted octanol–water partition coefficient (Wildman–Crippen LogP) is 1.36. The van der Waals surface area contributed by atoms with Crippen LogP contribution in [0.25, 0.3) is 0 Å². The molecule has 0 saturated carbocycles. The molecule has 0 aliphatic rings. The highest BCUT2D eigenvalue weighted by atomic mass is 127. The van der Waals surface area contributed by atoms with Crippen LogP contribution in [0.5, 0.6) is 0 Å². The van der Waals surface area contributed by atoms with Crippen molar-refractivity contribution >= 4 is 41.3 Å². The number of rotatable bonds is 4. The molecule has 2 N–H and O–H groups in total. The lowest BCUT2D eigenvalue weighted by Gasteiger charge is -2.10. The Morgan fingerprint density at radius 2 is 2.21 bits per heavy atom. The number of aliphatic imine (C=N–C) groups is 1. The normalized spacial score (nSPS) is 10.9. The Balaban J connectivity index is 0.00000180. The molecule has 8 heteroatoms. The molecule has 2 aromatic heterocycles. The van der Waals surface area contributed by atoms with Crippen LogP contribution in [0.2, 0.25) is 0 Å². The molecule has 6 nitrogen and oxygen atoms in total. The number of hydrogen-bond donors (Lipinski definition) is 2. The summed E-state index contributed by atoms with van der Waals surface area (Å²) in [5.41, 5.74) is 1.25. The summed E-state index contributed by atoms with van der Waals surface area (Å²) in [4.78, 5) is 8.30. The number of halogens is 1. The number of nitrogens with one attached hydrogen (secondary N) is 2. The van der Waals surface area contributed by atoms with Gasteiger partial charge in [0.25, 0.3) is 0 Å². The van der Waals surface area contributed by atoms with Gasteiger partial charge >= 0.3 is 0 Å². The monoisotopic (exact) mass is 392 g/mol. The van der Waals surface area contributed by atoms with Gasteiger partial charge in [-0.3, -0.25) is 9.67 Å². The number of hydrogen-bond acceptors (Lipinski definition) is 4. The van der Waals surface area contributed by atoms with Crippen molar-refractivity contribution in [1.29, 1.82) is 0 Å². The van der Waals surface area contributed by atoms with Gasteiger partial charge in [-0.05, 0) is 22.4 Å². The maximum absolute atomic E-state index is 4.16. The first-order valence-corrected chi connectivity index (χ1v) is 6.52. The Bertz CT molecular complexity index is 507. The van der Waals surface area contributed by atoms with Crippen molar-refractivity contribution in [3.63, 3.8) is 0 Å². The number of aromatic nitrogens is 3. The SMILES string of the molecule is CN=C(NCc1ccsc1)NCc1ncnn1C.I. The lowest BCUT2D eigenvalue weighted by Crippen LogP contribution is -2.36. The van der Waals surface area contributed by atoms with Crippen LogP contribution >= 0.6 is 35.3 Å². The van der Waals surface area contributed by atoms with E-state index in [1.807, 2.05) is 7.05 Å². The Morgan fingerprint density at radius 1 is 1.42 bits per heavy atom. The summed E-state index contributed by atoms with van der Waals surface area (Å²) in [6, 6.07) is 2.09. The van der Waals surface area contributed by atoms with Crippen LogP contribution in [0.4, 0.5) is 0 Å². The highest BCUT2D eigenvalue weighted by Gasteiger charge is 2.02. The molecule has 0 bridgehead atoms. The van der Waals surface area contributed by atoms with E-state index in [-0.39, 0.29) is 24.0 Å². The van der Waals surface area contributed by atoms with Crippen LogP contribution in [-0.4, -0.2) is 27.8 Å². The molecule has 0 unspecified atom stereocenters. The fraction of sp³-hybridized carbons (Fsp3) is 0.364. The van der Waals surface area contributed by atoms with Crippen LogP contribution in [-0.2, 0) is 20.1 Å². The summed E-state index contributed by atoms with van der Waals surface area (Å²) in [5, 5.41) is 14.6. The lowest BCUT2D eigenvalue weighted by molar-refractivity contribution is 0.673. The van der Waals surface area contributed by atoms with Crippen molar-refractivity contribution in [2.45, 2.75) is 13.1 Å². The van der Waals surface area contributed by atoms with E-state index >= 15 is 0 Å². The Hall–Kier alpha value is -1.16. The lowest BCUT2D eigenvalue weighted by atomic mass is 10.3. The van der Waals surface area contributed by atoms with E-state index in [1.165, 1.54) is 5.56 Å². The number of nitrogens with zero attached hydrogens (tertiary/aromatic N) is 4.